The summed E-state index contributed by atoms with van der Waals surface area (Å²) >= 11 is 11.5. The lowest BCUT2D eigenvalue weighted by Crippen LogP contribution is -2.45. The Hall–Kier alpha value is -2.17. The largest absolute Gasteiger partial charge is 0.433 e. The first-order valence-electron chi connectivity index (χ1n) is 11.8. The molecule has 2 aromatic rings. The molecule has 6 nitrogen and oxygen atoms in total. The SMILES string of the molecule is CC1CCCCN1c1cc(C(F)(F)F)nc(NC(=S)NCC2(c3ccc(Cl)cc3)CCOCC2)n1. The molecule has 0 aliphatic carbocycles. The van der Waals surface area contributed by atoms with E-state index in [4.69, 9.17) is 28.6 Å². The van der Waals surface area contributed by atoms with E-state index in [-0.39, 0.29) is 28.3 Å². The average Bonchev–Trinajstić information content (AvgIpc) is 2.83. The van der Waals surface area contributed by atoms with E-state index < -0.39 is 11.9 Å². The van der Waals surface area contributed by atoms with Gasteiger partial charge in [0.05, 0.1) is 0 Å². The summed E-state index contributed by atoms with van der Waals surface area (Å²) in [5, 5.41) is 6.79. The van der Waals surface area contributed by atoms with Crippen molar-refractivity contribution in [1.29, 1.82) is 0 Å². The molecule has 0 amide bonds. The minimum Gasteiger partial charge on any atom is -0.381 e. The quantitative estimate of drug-likeness (QED) is 0.493. The third kappa shape index (κ3) is 6.34. The van der Waals surface area contributed by atoms with Gasteiger partial charge in [-0.25, -0.2) is 4.98 Å². The molecule has 0 spiro atoms. The first-order chi connectivity index (χ1) is 16.7. The molecule has 3 heterocycles. The molecular weight excluding hydrogens is 499 g/mol. The van der Waals surface area contributed by atoms with Crippen molar-refractivity contribution in [2.24, 2.45) is 0 Å². The summed E-state index contributed by atoms with van der Waals surface area (Å²) in [5.74, 6) is 0.0875. The number of alkyl halides is 3. The van der Waals surface area contributed by atoms with Crippen molar-refractivity contribution < 1.29 is 17.9 Å². The number of nitrogens with one attached hydrogen (secondary N) is 2. The number of halogens is 4. The third-order valence-electron chi connectivity index (χ3n) is 6.82. The highest BCUT2D eigenvalue weighted by Gasteiger charge is 2.36. The smallest absolute Gasteiger partial charge is 0.381 e. The summed E-state index contributed by atoms with van der Waals surface area (Å²) in [7, 11) is 0. The molecule has 1 aromatic carbocycles. The number of piperidine rings is 1. The van der Waals surface area contributed by atoms with Gasteiger partial charge in [0.25, 0.3) is 0 Å². The van der Waals surface area contributed by atoms with Gasteiger partial charge in [0.1, 0.15) is 5.82 Å². The van der Waals surface area contributed by atoms with Crippen LogP contribution in [0.2, 0.25) is 5.02 Å². The predicted octanol–water partition coefficient (Wildman–Crippen LogP) is 5.56. The Morgan fingerprint density at radius 3 is 2.57 bits per heavy atom. The fraction of sp³-hybridized carbons (Fsp3) is 0.542. The van der Waals surface area contributed by atoms with E-state index in [9.17, 15) is 13.2 Å². The molecule has 2 aliphatic heterocycles. The van der Waals surface area contributed by atoms with E-state index in [1.54, 1.807) is 0 Å². The zero-order chi connectivity index (χ0) is 25.1. The van der Waals surface area contributed by atoms with Crippen molar-refractivity contribution in [1.82, 2.24) is 15.3 Å². The summed E-state index contributed by atoms with van der Waals surface area (Å²) in [6.07, 6.45) is -0.167. The fourth-order valence-corrected chi connectivity index (χ4v) is 5.04. The Labute approximate surface area is 213 Å². The number of hydrogen-bond donors (Lipinski definition) is 2. The number of ether oxygens (including phenoxy) is 1. The molecule has 190 valence electrons. The van der Waals surface area contributed by atoms with Crippen LogP contribution in [0.1, 0.15) is 50.3 Å². The van der Waals surface area contributed by atoms with Crippen LogP contribution in [0.4, 0.5) is 24.9 Å². The van der Waals surface area contributed by atoms with Gasteiger partial charge in [-0.3, -0.25) is 0 Å². The molecule has 2 N–H and O–H groups in total. The van der Waals surface area contributed by atoms with E-state index in [1.807, 2.05) is 36.1 Å². The summed E-state index contributed by atoms with van der Waals surface area (Å²) in [4.78, 5) is 9.99. The molecule has 2 fully saturated rings. The highest BCUT2D eigenvalue weighted by molar-refractivity contribution is 7.80. The predicted molar refractivity (Wildman–Crippen MR) is 135 cm³/mol. The number of rotatable bonds is 5. The number of benzene rings is 1. The Morgan fingerprint density at radius 2 is 1.91 bits per heavy atom. The van der Waals surface area contributed by atoms with E-state index in [0.29, 0.717) is 31.3 Å². The number of nitrogens with zero attached hydrogens (tertiary/aromatic N) is 3. The maximum atomic E-state index is 13.6. The van der Waals surface area contributed by atoms with Crippen LogP contribution < -0.4 is 15.5 Å². The van der Waals surface area contributed by atoms with Crippen LogP contribution in [0.3, 0.4) is 0 Å². The molecule has 4 rings (SSSR count). The zero-order valence-electron chi connectivity index (χ0n) is 19.5. The van der Waals surface area contributed by atoms with Crippen molar-refractivity contribution in [2.75, 3.05) is 36.5 Å². The van der Waals surface area contributed by atoms with Gasteiger partial charge in [-0.15, -0.1) is 0 Å². The highest BCUT2D eigenvalue weighted by Crippen LogP contribution is 2.35. The molecule has 35 heavy (non-hydrogen) atoms. The van der Waals surface area contributed by atoms with Gasteiger partial charge in [-0.05, 0) is 68.9 Å². The lowest BCUT2D eigenvalue weighted by Gasteiger charge is -2.38. The lowest BCUT2D eigenvalue weighted by atomic mass is 9.74. The van der Waals surface area contributed by atoms with Crippen LogP contribution in [-0.4, -0.2) is 47.4 Å². The topological polar surface area (TPSA) is 62.3 Å². The van der Waals surface area contributed by atoms with E-state index in [1.165, 1.54) is 0 Å². The Bertz CT molecular complexity index is 1030. The maximum Gasteiger partial charge on any atom is 0.433 e. The van der Waals surface area contributed by atoms with Crippen LogP contribution in [0, 0.1) is 0 Å². The second-order valence-electron chi connectivity index (χ2n) is 9.18. The summed E-state index contributed by atoms with van der Waals surface area (Å²) in [6.45, 7) is 4.36. The number of thiocarbonyl (C=S) groups is 1. The molecule has 1 unspecified atom stereocenters. The first kappa shape index (κ1) is 25.9. The van der Waals surface area contributed by atoms with E-state index >= 15 is 0 Å². The maximum absolute atomic E-state index is 13.6. The molecule has 0 bridgehead atoms. The van der Waals surface area contributed by atoms with Crippen LogP contribution in [0.25, 0.3) is 0 Å². The van der Waals surface area contributed by atoms with Crippen LogP contribution in [0.5, 0.6) is 0 Å². The monoisotopic (exact) mass is 527 g/mol. The minimum atomic E-state index is -4.59. The molecule has 11 heteroatoms. The normalized spacial score (nSPS) is 20.4. The lowest BCUT2D eigenvalue weighted by molar-refractivity contribution is -0.141. The van der Waals surface area contributed by atoms with Gasteiger partial charge >= 0.3 is 6.18 Å². The van der Waals surface area contributed by atoms with Crippen molar-refractivity contribution >= 4 is 40.7 Å². The Morgan fingerprint density at radius 1 is 1.20 bits per heavy atom. The van der Waals surface area contributed by atoms with Gasteiger partial charge in [0, 0.05) is 48.8 Å². The van der Waals surface area contributed by atoms with Gasteiger partial charge in [-0.1, -0.05) is 23.7 Å². The molecule has 0 radical (unpaired) electrons. The van der Waals surface area contributed by atoms with Crippen LogP contribution >= 0.6 is 23.8 Å². The zero-order valence-corrected chi connectivity index (χ0v) is 21.1. The molecule has 1 atom stereocenters. The van der Waals surface area contributed by atoms with Crippen molar-refractivity contribution in [3.8, 4) is 0 Å². The van der Waals surface area contributed by atoms with Gasteiger partial charge < -0.3 is 20.3 Å². The number of anilines is 2. The molecule has 2 saturated heterocycles. The minimum absolute atomic E-state index is 0.102. The fourth-order valence-electron chi connectivity index (χ4n) is 4.75. The van der Waals surface area contributed by atoms with Gasteiger partial charge in [0.15, 0.2) is 10.8 Å². The summed E-state index contributed by atoms with van der Waals surface area (Å²) < 4.78 is 46.4. The standard InChI is InChI=1S/C24H29ClF3N5OS/c1-16-4-2-3-11-33(16)20-14-19(24(26,27)28)30-21(31-20)32-22(35)29-15-23(9-12-34-13-10-23)17-5-7-18(25)8-6-17/h5-8,14,16H,2-4,9-13,15H2,1H3,(H2,29,30,31,32,35). The molecular formula is C24H29ClF3N5OS. The van der Waals surface area contributed by atoms with E-state index in [2.05, 4.69) is 20.6 Å². The first-order valence-corrected chi connectivity index (χ1v) is 12.6. The Balaban J connectivity index is 1.51. The molecule has 1 aromatic heterocycles. The Kier molecular flexibility index (Phi) is 8.02. The van der Waals surface area contributed by atoms with Crippen molar-refractivity contribution in [3.05, 3.63) is 46.6 Å². The number of hydrogen-bond acceptors (Lipinski definition) is 5. The van der Waals surface area contributed by atoms with Crippen molar-refractivity contribution in [3.63, 3.8) is 0 Å². The third-order valence-corrected chi connectivity index (χ3v) is 7.32. The van der Waals surface area contributed by atoms with Gasteiger partial charge in [0.2, 0.25) is 5.95 Å². The molecule has 2 aliphatic rings. The summed E-state index contributed by atoms with van der Waals surface area (Å²) in [5.41, 5.74) is -0.123. The van der Waals surface area contributed by atoms with E-state index in [0.717, 1.165) is 43.7 Å². The second kappa shape index (κ2) is 10.8. The van der Waals surface area contributed by atoms with Crippen LogP contribution in [-0.2, 0) is 16.3 Å². The number of aromatic nitrogens is 2. The van der Waals surface area contributed by atoms with Crippen LogP contribution in [0.15, 0.2) is 30.3 Å². The second-order valence-corrected chi connectivity index (χ2v) is 10.0. The summed E-state index contributed by atoms with van der Waals surface area (Å²) in [6, 6.07) is 8.81. The molecule has 0 saturated carbocycles. The highest BCUT2D eigenvalue weighted by atomic mass is 35.5. The average molecular weight is 528 g/mol. The van der Waals surface area contributed by atoms with Crippen molar-refractivity contribution in [2.45, 2.75) is 56.7 Å². The van der Waals surface area contributed by atoms with Gasteiger partial charge in [-0.2, -0.15) is 18.2 Å².